The number of benzene rings is 1. The summed E-state index contributed by atoms with van der Waals surface area (Å²) in [6.07, 6.45) is 0.992. The molecule has 1 saturated heterocycles. The van der Waals surface area contributed by atoms with Gasteiger partial charge in [-0.3, -0.25) is 0 Å². The van der Waals surface area contributed by atoms with E-state index in [2.05, 4.69) is 24.1 Å². The van der Waals surface area contributed by atoms with Crippen molar-refractivity contribution in [3.63, 3.8) is 0 Å². The highest BCUT2D eigenvalue weighted by molar-refractivity contribution is 6.31. The van der Waals surface area contributed by atoms with Gasteiger partial charge in [0.25, 0.3) is 0 Å². The minimum absolute atomic E-state index is 0.198. The molecular weight excluding hydrogens is 239 g/mol. The first-order valence-electron chi connectivity index (χ1n) is 6.07. The number of halogens is 2. The monoisotopic (exact) mass is 256 g/mol. The Morgan fingerprint density at radius 1 is 1.53 bits per heavy atom. The van der Waals surface area contributed by atoms with Crippen LogP contribution in [0.15, 0.2) is 18.2 Å². The molecule has 2 rings (SSSR count). The lowest BCUT2D eigenvalue weighted by Gasteiger charge is -2.40. The van der Waals surface area contributed by atoms with Crippen LogP contribution in [0.5, 0.6) is 0 Å². The summed E-state index contributed by atoms with van der Waals surface area (Å²) in [6.45, 7) is 5.94. The molecule has 0 saturated carbocycles. The van der Waals surface area contributed by atoms with Gasteiger partial charge in [0, 0.05) is 25.2 Å². The number of anilines is 1. The van der Waals surface area contributed by atoms with Crippen LogP contribution in [0.2, 0.25) is 5.02 Å². The number of nitrogens with zero attached hydrogens (tertiary/aromatic N) is 1. The van der Waals surface area contributed by atoms with Crippen molar-refractivity contribution in [1.82, 2.24) is 5.32 Å². The summed E-state index contributed by atoms with van der Waals surface area (Å²) in [5.74, 6) is -0.304. The van der Waals surface area contributed by atoms with E-state index in [0.717, 1.165) is 19.5 Å². The van der Waals surface area contributed by atoms with E-state index in [1.807, 2.05) is 6.07 Å². The predicted octanol–water partition coefficient (Wildman–Crippen LogP) is 3.06. The van der Waals surface area contributed by atoms with E-state index in [1.165, 1.54) is 0 Å². The number of rotatable bonds is 2. The van der Waals surface area contributed by atoms with Crippen LogP contribution < -0.4 is 10.2 Å². The van der Waals surface area contributed by atoms with Gasteiger partial charge >= 0.3 is 0 Å². The van der Waals surface area contributed by atoms with Crippen LogP contribution in [-0.2, 0) is 0 Å². The third-order valence-corrected chi connectivity index (χ3v) is 3.62. The molecule has 94 valence electrons. The van der Waals surface area contributed by atoms with Crippen LogP contribution in [0.25, 0.3) is 0 Å². The summed E-state index contributed by atoms with van der Waals surface area (Å²) in [5.41, 5.74) is 0.623. The van der Waals surface area contributed by atoms with Crippen LogP contribution in [0, 0.1) is 5.82 Å². The van der Waals surface area contributed by atoms with E-state index in [1.54, 1.807) is 12.1 Å². The largest absolute Gasteiger partial charge is 0.363 e. The molecule has 1 heterocycles. The fraction of sp³-hybridized carbons (Fsp3) is 0.538. The second kappa shape index (κ2) is 5.23. The Kier molecular flexibility index (Phi) is 3.89. The summed E-state index contributed by atoms with van der Waals surface area (Å²) < 4.78 is 14.0. The second-order valence-corrected chi connectivity index (χ2v) is 5.00. The summed E-state index contributed by atoms with van der Waals surface area (Å²) in [4.78, 5) is 2.13. The maximum atomic E-state index is 14.0. The smallest absolute Gasteiger partial charge is 0.165 e. The molecule has 2 nitrogen and oxygen atoms in total. The lowest BCUT2D eigenvalue weighted by molar-refractivity contribution is 0.398. The standard InChI is InChI=1S/C13H18ClFN2/c1-3-10-7-16-9(2)8-17(10)12-6-4-5-11(14)13(12)15/h4-6,9-10,16H,3,7-8H2,1-2H3. The minimum Gasteiger partial charge on any atom is -0.363 e. The fourth-order valence-corrected chi connectivity index (χ4v) is 2.50. The van der Waals surface area contributed by atoms with Gasteiger partial charge in [0.2, 0.25) is 0 Å². The van der Waals surface area contributed by atoms with E-state index in [-0.39, 0.29) is 10.8 Å². The predicted molar refractivity (Wildman–Crippen MR) is 70.3 cm³/mol. The van der Waals surface area contributed by atoms with Crippen LogP contribution in [0.1, 0.15) is 20.3 Å². The molecule has 1 aromatic carbocycles. The SMILES string of the molecule is CCC1CNC(C)CN1c1cccc(Cl)c1F. The maximum Gasteiger partial charge on any atom is 0.165 e. The van der Waals surface area contributed by atoms with Crippen molar-refractivity contribution >= 4 is 17.3 Å². The highest BCUT2D eigenvalue weighted by atomic mass is 35.5. The van der Waals surface area contributed by atoms with E-state index >= 15 is 0 Å². The van der Waals surface area contributed by atoms with Gasteiger partial charge in [0.05, 0.1) is 10.7 Å². The van der Waals surface area contributed by atoms with Crippen molar-refractivity contribution in [2.45, 2.75) is 32.4 Å². The zero-order valence-electron chi connectivity index (χ0n) is 10.2. The molecule has 0 spiro atoms. The van der Waals surface area contributed by atoms with Crippen LogP contribution in [-0.4, -0.2) is 25.2 Å². The van der Waals surface area contributed by atoms with E-state index in [0.29, 0.717) is 17.8 Å². The topological polar surface area (TPSA) is 15.3 Å². The molecule has 1 fully saturated rings. The highest BCUT2D eigenvalue weighted by Crippen LogP contribution is 2.28. The molecule has 1 aliphatic heterocycles. The Labute approximate surface area is 107 Å². The molecule has 17 heavy (non-hydrogen) atoms. The molecule has 1 N–H and O–H groups in total. The van der Waals surface area contributed by atoms with Crippen molar-refractivity contribution in [2.24, 2.45) is 0 Å². The molecule has 0 radical (unpaired) electrons. The maximum absolute atomic E-state index is 14.0. The number of piperazine rings is 1. The first-order chi connectivity index (χ1) is 8.13. The Hall–Kier alpha value is -0.800. The third kappa shape index (κ3) is 2.55. The first-order valence-corrected chi connectivity index (χ1v) is 6.45. The third-order valence-electron chi connectivity index (χ3n) is 3.33. The quantitative estimate of drug-likeness (QED) is 0.875. The Morgan fingerprint density at radius 2 is 2.29 bits per heavy atom. The molecule has 0 bridgehead atoms. The Bertz CT molecular complexity index is 397. The number of nitrogens with one attached hydrogen (secondary N) is 1. The molecular formula is C13H18ClFN2. The lowest BCUT2D eigenvalue weighted by Crippen LogP contribution is -2.55. The average Bonchev–Trinajstić information content (AvgIpc) is 2.33. The normalized spacial score (nSPS) is 25.1. The van der Waals surface area contributed by atoms with E-state index < -0.39 is 0 Å². The Balaban J connectivity index is 2.32. The number of hydrogen-bond donors (Lipinski definition) is 1. The minimum atomic E-state index is -0.304. The average molecular weight is 257 g/mol. The zero-order chi connectivity index (χ0) is 12.4. The summed E-state index contributed by atoms with van der Waals surface area (Å²) in [5, 5.41) is 3.62. The van der Waals surface area contributed by atoms with Crippen LogP contribution in [0.3, 0.4) is 0 Å². The van der Waals surface area contributed by atoms with Gasteiger partial charge in [-0.15, -0.1) is 0 Å². The molecule has 1 aliphatic rings. The van der Waals surface area contributed by atoms with Crippen molar-refractivity contribution in [2.75, 3.05) is 18.0 Å². The summed E-state index contributed by atoms with van der Waals surface area (Å²) >= 11 is 5.84. The van der Waals surface area contributed by atoms with Gasteiger partial charge in [-0.2, -0.15) is 0 Å². The first kappa shape index (κ1) is 12.7. The van der Waals surface area contributed by atoms with Crippen LogP contribution >= 0.6 is 11.6 Å². The zero-order valence-corrected chi connectivity index (χ0v) is 11.0. The molecule has 0 aromatic heterocycles. The van der Waals surface area contributed by atoms with E-state index in [4.69, 9.17) is 11.6 Å². The second-order valence-electron chi connectivity index (χ2n) is 4.60. The van der Waals surface area contributed by atoms with Gasteiger partial charge in [-0.1, -0.05) is 24.6 Å². The van der Waals surface area contributed by atoms with Gasteiger partial charge < -0.3 is 10.2 Å². The summed E-state index contributed by atoms with van der Waals surface area (Å²) in [6, 6.07) is 5.91. The van der Waals surface area contributed by atoms with Crippen LogP contribution in [0.4, 0.5) is 10.1 Å². The molecule has 1 aromatic rings. The van der Waals surface area contributed by atoms with Gasteiger partial charge in [0.15, 0.2) is 5.82 Å². The van der Waals surface area contributed by atoms with Crippen molar-refractivity contribution in [3.05, 3.63) is 29.0 Å². The Morgan fingerprint density at radius 3 is 3.00 bits per heavy atom. The molecule has 2 atom stereocenters. The van der Waals surface area contributed by atoms with Gasteiger partial charge in [-0.25, -0.2) is 4.39 Å². The lowest BCUT2D eigenvalue weighted by atomic mass is 10.1. The molecule has 4 heteroatoms. The number of hydrogen-bond acceptors (Lipinski definition) is 2. The van der Waals surface area contributed by atoms with Crippen molar-refractivity contribution < 1.29 is 4.39 Å². The molecule has 2 unspecified atom stereocenters. The molecule has 0 amide bonds. The van der Waals surface area contributed by atoms with Crippen molar-refractivity contribution in [3.8, 4) is 0 Å². The van der Waals surface area contributed by atoms with Gasteiger partial charge in [0.1, 0.15) is 0 Å². The van der Waals surface area contributed by atoms with Gasteiger partial charge in [-0.05, 0) is 25.5 Å². The van der Waals surface area contributed by atoms with Crippen molar-refractivity contribution in [1.29, 1.82) is 0 Å². The fourth-order valence-electron chi connectivity index (χ4n) is 2.33. The highest BCUT2D eigenvalue weighted by Gasteiger charge is 2.26. The van der Waals surface area contributed by atoms with E-state index in [9.17, 15) is 4.39 Å². The molecule has 0 aliphatic carbocycles. The summed E-state index contributed by atoms with van der Waals surface area (Å²) in [7, 11) is 0.